The Morgan fingerprint density at radius 1 is 0.946 bits per heavy atom. The highest BCUT2D eigenvalue weighted by molar-refractivity contribution is 6.05. The zero-order chi connectivity index (χ0) is 26.2. The van der Waals surface area contributed by atoms with Crippen molar-refractivity contribution < 1.29 is 18.7 Å². The molecular formula is C29H32N4O4. The number of hydrogen-bond donors (Lipinski definition) is 3. The van der Waals surface area contributed by atoms with E-state index in [0.717, 1.165) is 30.6 Å². The zero-order valence-electron chi connectivity index (χ0n) is 21.1. The number of carbonyl (C=O) groups excluding carboxylic acids is 2. The first kappa shape index (κ1) is 25.8. The summed E-state index contributed by atoms with van der Waals surface area (Å²) in [6.45, 7) is 7.65. The van der Waals surface area contributed by atoms with Crippen LogP contribution in [-0.4, -0.2) is 43.0 Å². The fourth-order valence-electron chi connectivity index (χ4n) is 3.92. The van der Waals surface area contributed by atoms with E-state index in [1.165, 1.54) is 0 Å². The lowest BCUT2D eigenvalue weighted by Gasteiger charge is -2.17. The Kier molecular flexibility index (Phi) is 8.43. The standard InChI is InChI=1S/C29H32N4O4/c1-3-33(4-2)19-20-9-10-22-18-27(37-26(22)17-20)29(35)31-15-16-36-23-13-11-21(12-14-23)28(34)32-25-8-6-5-7-24(25)30/h5-14,17-18H,3-4,15-16,19,30H2,1-2H3,(H,31,35)(H,32,34). The summed E-state index contributed by atoms with van der Waals surface area (Å²) in [4.78, 5) is 27.3. The molecule has 4 aromatic rings. The number of carbonyl (C=O) groups is 2. The normalized spacial score (nSPS) is 11.0. The number of furan rings is 1. The fourth-order valence-corrected chi connectivity index (χ4v) is 3.92. The third-order valence-electron chi connectivity index (χ3n) is 6.09. The number of rotatable bonds is 11. The minimum atomic E-state index is -0.294. The van der Waals surface area contributed by atoms with E-state index in [1.807, 2.05) is 12.1 Å². The highest BCUT2D eigenvalue weighted by atomic mass is 16.5. The Hall–Kier alpha value is -4.30. The number of fused-ring (bicyclic) bond motifs is 1. The topological polar surface area (TPSA) is 110 Å². The second-order valence-corrected chi connectivity index (χ2v) is 8.61. The van der Waals surface area contributed by atoms with Gasteiger partial charge in [0.1, 0.15) is 17.9 Å². The van der Waals surface area contributed by atoms with E-state index >= 15 is 0 Å². The Morgan fingerprint density at radius 2 is 1.70 bits per heavy atom. The molecule has 0 radical (unpaired) electrons. The predicted molar refractivity (Wildman–Crippen MR) is 146 cm³/mol. The molecule has 0 aliphatic heterocycles. The maximum absolute atomic E-state index is 12.6. The van der Waals surface area contributed by atoms with Gasteiger partial charge in [0.2, 0.25) is 0 Å². The molecule has 0 spiro atoms. The SMILES string of the molecule is CCN(CC)Cc1ccc2cc(C(=O)NCCOc3ccc(C(=O)Nc4ccccc4N)cc3)oc2c1. The van der Waals surface area contributed by atoms with E-state index < -0.39 is 0 Å². The van der Waals surface area contributed by atoms with Gasteiger partial charge in [0, 0.05) is 17.5 Å². The van der Waals surface area contributed by atoms with Crippen molar-refractivity contribution in [1.82, 2.24) is 10.2 Å². The lowest BCUT2D eigenvalue weighted by molar-refractivity contribution is 0.0920. The number of para-hydroxylation sites is 2. The molecule has 0 saturated heterocycles. The van der Waals surface area contributed by atoms with Crippen molar-refractivity contribution in [1.29, 1.82) is 0 Å². The summed E-state index contributed by atoms with van der Waals surface area (Å²) in [6.07, 6.45) is 0. The third-order valence-corrected chi connectivity index (χ3v) is 6.09. The third kappa shape index (κ3) is 6.68. The van der Waals surface area contributed by atoms with Gasteiger partial charge in [-0.3, -0.25) is 14.5 Å². The van der Waals surface area contributed by atoms with E-state index in [-0.39, 0.29) is 24.2 Å². The average molecular weight is 501 g/mol. The summed E-state index contributed by atoms with van der Waals surface area (Å²) in [7, 11) is 0. The molecule has 0 aliphatic carbocycles. The predicted octanol–water partition coefficient (Wildman–Crippen LogP) is 4.92. The van der Waals surface area contributed by atoms with Crippen LogP contribution in [0.1, 0.15) is 40.3 Å². The molecule has 8 heteroatoms. The Bertz CT molecular complexity index is 1360. The molecule has 8 nitrogen and oxygen atoms in total. The van der Waals surface area contributed by atoms with Gasteiger partial charge in [-0.25, -0.2) is 0 Å². The summed E-state index contributed by atoms with van der Waals surface area (Å²) in [5, 5.41) is 6.50. The van der Waals surface area contributed by atoms with Gasteiger partial charge in [0.25, 0.3) is 11.8 Å². The second kappa shape index (κ2) is 12.1. The Morgan fingerprint density at radius 3 is 2.43 bits per heavy atom. The molecule has 0 aliphatic rings. The lowest BCUT2D eigenvalue weighted by Crippen LogP contribution is -2.27. The molecule has 4 N–H and O–H groups in total. The van der Waals surface area contributed by atoms with Gasteiger partial charge in [-0.1, -0.05) is 38.1 Å². The largest absolute Gasteiger partial charge is 0.492 e. The van der Waals surface area contributed by atoms with Crippen molar-refractivity contribution >= 4 is 34.2 Å². The molecule has 2 amide bonds. The molecular weight excluding hydrogens is 468 g/mol. The van der Waals surface area contributed by atoms with Crippen molar-refractivity contribution in [3.8, 4) is 5.75 Å². The number of nitrogens with one attached hydrogen (secondary N) is 2. The molecule has 0 fully saturated rings. The van der Waals surface area contributed by atoms with Crippen LogP contribution in [0.15, 0.2) is 77.2 Å². The second-order valence-electron chi connectivity index (χ2n) is 8.61. The monoisotopic (exact) mass is 500 g/mol. The van der Waals surface area contributed by atoms with Crippen molar-refractivity contribution in [3.63, 3.8) is 0 Å². The van der Waals surface area contributed by atoms with Gasteiger partial charge >= 0.3 is 0 Å². The minimum Gasteiger partial charge on any atom is -0.492 e. The number of hydrogen-bond acceptors (Lipinski definition) is 6. The number of nitrogen functional groups attached to an aromatic ring is 1. The molecule has 0 atom stereocenters. The van der Waals surface area contributed by atoms with Crippen molar-refractivity contribution in [2.75, 3.05) is 37.3 Å². The van der Waals surface area contributed by atoms with Gasteiger partial charge < -0.3 is 25.5 Å². The van der Waals surface area contributed by atoms with Crippen molar-refractivity contribution in [2.45, 2.75) is 20.4 Å². The van der Waals surface area contributed by atoms with Crippen LogP contribution in [0.25, 0.3) is 11.0 Å². The number of nitrogens with zero attached hydrogens (tertiary/aromatic N) is 1. The van der Waals surface area contributed by atoms with E-state index in [9.17, 15) is 9.59 Å². The van der Waals surface area contributed by atoms with Crippen LogP contribution in [0.4, 0.5) is 11.4 Å². The van der Waals surface area contributed by atoms with Gasteiger partial charge in [-0.15, -0.1) is 0 Å². The number of nitrogens with two attached hydrogens (primary N) is 1. The molecule has 1 heterocycles. The number of benzene rings is 3. The van der Waals surface area contributed by atoms with Crippen LogP contribution in [-0.2, 0) is 6.54 Å². The Labute approximate surface area is 216 Å². The molecule has 1 aromatic heterocycles. The summed E-state index contributed by atoms with van der Waals surface area (Å²) in [5.41, 5.74) is 9.27. The first-order valence-corrected chi connectivity index (χ1v) is 12.4. The molecule has 0 bridgehead atoms. The fraction of sp³-hybridized carbons (Fsp3) is 0.241. The van der Waals surface area contributed by atoms with Gasteiger partial charge in [0.15, 0.2) is 5.76 Å². The van der Waals surface area contributed by atoms with Gasteiger partial charge in [-0.2, -0.15) is 0 Å². The first-order chi connectivity index (χ1) is 18.0. The van der Waals surface area contributed by atoms with E-state index in [0.29, 0.717) is 34.8 Å². The summed E-state index contributed by atoms with van der Waals surface area (Å²) in [5.74, 6) is 0.305. The smallest absolute Gasteiger partial charge is 0.287 e. The maximum Gasteiger partial charge on any atom is 0.287 e. The molecule has 0 unspecified atom stereocenters. The molecule has 4 rings (SSSR count). The summed E-state index contributed by atoms with van der Waals surface area (Å²) < 4.78 is 11.5. The highest BCUT2D eigenvalue weighted by Crippen LogP contribution is 2.22. The number of anilines is 2. The van der Waals surface area contributed by atoms with Crippen LogP contribution in [0.3, 0.4) is 0 Å². The summed E-state index contributed by atoms with van der Waals surface area (Å²) in [6, 6.07) is 21.6. The minimum absolute atomic E-state index is 0.261. The molecule has 192 valence electrons. The van der Waals surface area contributed by atoms with E-state index in [2.05, 4.69) is 35.4 Å². The van der Waals surface area contributed by atoms with Crippen LogP contribution in [0, 0.1) is 0 Å². The summed E-state index contributed by atoms with van der Waals surface area (Å²) >= 11 is 0. The molecule has 37 heavy (non-hydrogen) atoms. The van der Waals surface area contributed by atoms with Crippen LogP contribution in [0.5, 0.6) is 5.75 Å². The van der Waals surface area contributed by atoms with E-state index in [1.54, 1.807) is 54.6 Å². The zero-order valence-corrected chi connectivity index (χ0v) is 21.1. The highest BCUT2D eigenvalue weighted by Gasteiger charge is 2.13. The van der Waals surface area contributed by atoms with Gasteiger partial charge in [-0.05, 0) is 67.2 Å². The van der Waals surface area contributed by atoms with Crippen molar-refractivity contribution in [2.24, 2.45) is 0 Å². The van der Waals surface area contributed by atoms with Gasteiger partial charge in [0.05, 0.1) is 17.9 Å². The number of amides is 2. The molecule has 3 aromatic carbocycles. The van der Waals surface area contributed by atoms with Crippen LogP contribution < -0.4 is 21.1 Å². The quantitative estimate of drug-likeness (QED) is 0.199. The van der Waals surface area contributed by atoms with E-state index in [4.69, 9.17) is 14.9 Å². The maximum atomic E-state index is 12.6. The molecule has 0 saturated carbocycles. The Balaban J connectivity index is 1.25. The number of ether oxygens (including phenoxy) is 1. The average Bonchev–Trinajstić information content (AvgIpc) is 3.35. The first-order valence-electron chi connectivity index (χ1n) is 12.4. The van der Waals surface area contributed by atoms with Crippen LogP contribution >= 0.6 is 0 Å². The van der Waals surface area contributed by atoms with Crippen molar-refractivity contribution in [3.05, 3.63) is 89.7 Å². The van der Waals surface area contributed by atoms with Crippen LogP contribution in [0.2, 0.25) is 0 Å². The lowest BCUT2D eigenvalue weighted by atomic mass is 10.1.